The lowest BCUT2D eigenvalue weighted by Crippen LogP contribution is -2.19. The fourth-order valence-electron chi connectivity index (χ4n) is 1.45. The van der Waals surface area contributed by atoms with Gasteiger partial charge in [0.2, 0.25) is 0 Å². The van der Waals surface area contributed by atoms with Crippen molar-refractivity contribution in [1.29, 1.82) is 0 Å². The Hall–Kier alpha value is -1.42. The van der Waals surface area contributed by atoms with Gasteiger partial charge < -0.3 is 5.73 Å². The van der Waals surface area contributed by atoms with E-state index < -0.39 is 0 Å². The fraction of sp³-hybridized carbons (Fsp3) is 0.400. The van der Waals surface area contributed by atoms with Crippen LogP contribution in [0.25, 0.3) is 0 Å². The van der Waals surface area contributed by atoms with Crippen LogP contribution in [0.3, 0.4) is 0 Å². The van der Waals surface area contributed by atoms with E-state index in [1.165, 1.54) is 6.07 Å². The second-order valence-corrected chi connectivity index (χ2v) is 3.51. The quantitative estimate of drug-likeness (QED) is 0.589. The molecule has 0 spiro atoms. The van der Waals surface area contributed by atoms with Crippen molar-refractivity contribution in [2.75, 3.05) is 0 Å². The molecule has 1 atom stereocenters. The van der Waals surface area contributed by atoms with Gasteiger partial charge in [0.05, 0.1) is 4.92 Å². The lowest BCUT2D eigenvalue weighted by Gasteiger charge is -2.08. The number of benzene rings is 1. The van der Waals surface area contributed by atoms with Gasteiger partial charge in [0, 0.05) is 17.7 Å². The standard InChI is InChI=1S/C10H14N2O2/c1-7-4-3-5-10(12(13)14)9(7)6-8(2)11/h3-5,8H,6,11H2,1-2H3. The van der Waals surface area contributed by atoms with Crippen LogP contribution in [-0.4, -0.2) is 11.0 Å². The summed E-state index contributed by atoms with van der Waals surface area (Å²) in [5, 5.41) is 10.7. The molecule has 1 aromatic carbocycles. The average Bonchev–Trinajstić information content (AvgIpc) is 2.07. The molecule has 2 N–H and O–H groups in total. The summed E-state index contributed by atoms with van der Waals surface area (Å²) < 4.78 is 0. The van der Waals surface area contributed by atoms with Crippen LogP contribution >= 0.6 is 0 Å². The molecule has 0 fully saturated rings. The molecule has 0 aliphatic heterocycles. The van der Waals surface area contributed by atoms with Crippen molar-refractivity contribution in [2.24, 2.45) is 5.73 Å². The van der Waals surface area contributed by atoms with Crippen molar-refractivity contribution in [3.05, 3.63) is 39.4 Å². The summed E-state index contributed by atoms with van der Waals surface area (Å²) in [6.07, 6.45) is 0.545. The maximum Gasteiger partial charge on any atom is 0.272 e. The maximum atomic E-state index is 10.7. The zero-order valence-electron chi connectivity index (χ0n) is 8.36. The van der Waals surface area contributed by atoms with Gasteiger partial charge in [0.1, 0.15) is 0 Å². The zero-order valence-corrected chi connectivity index (χ0v) is 8.36. The number of nitrogens with two attached hydrogens (primary N) is 1. The Balaban J connectivity index is 3.15. The van der Waals surface area contributed by atoms with Gasteiger partial charge in [-0.2, -0.15) is 0 Å². The first kappa shape index (κ1) is 10.7. The number of nitro benzene ring substituents is 1. The third kappa shape index (κ3) is 2.29. The van der Waals surface area contributed by atoms with E-state index in [1.54, 1.807) is 6.07 Å². The van der Waals surface area contributed by atoms with Crippen molar-refractivity contribution >= 4 is 5.69 Å². The van der Waals surface area contributed by atoms with E-state index in [9.17, 15) is 10.1 Å². The SMILES string of the molecule is Cc1cccc([N+](=O)[O-])c1CC(C)N. The van der Waals surface area contributed by atoms with E-state index in [1.807, 2.05) is 19.9 Å². The van der Waals surface area contributed by atoms with Crippen LogP contribution in [0.2, 0.25) is 0 Å². The summed E-state index contributed by atoms with van der Waals surface area (Å²) in [6, 6.07) is 5.02. The Labute approximate surface area is 82.9 Å². The Morgan fingerprint density at radius 2 is 2.21 bits per heavy atom. The maximum absolute atomic E-state index is 10.7. The predicted octanol–water partition coefficient (Wildman–Crippen LogP) is 1.79. The third-order valence-corrected chi connectivity index (χ3v) is 2.11. The molecule has 0 bridgehead atoms. The highest BCUT2D eigenvalue weighted by atomic mass is 16.6. The van der Waals surface area contributed by atoms with Crippen molar-refractivity contribution in [3.63, 3.8) is 0 Å². The minimum atomic E-state index is -0.356. The molecule has 0 aliphatic rings. The normalized spacial score (nSPS) is 12.5. The van der Waals surface area contributed by atoms with Crippen LogP contribution in [0.4, 0.5) is 5.69 Å². The second-order valence-electron chi connectivity index (χ2n) is 3.51. The third-order valence-electron chi connectivity index (χ3n) is 2.11. The van der Waals surface area contributed by atoms with E-state index in [2.05, 4.69) is 0 Å². The molecule has 0 saturated carbocycles. The lowest BCUT2D eigenvalue weighted by molar-refractivity contribution is -0.385. The topological polar surface area (TPSA) is 69.2 Å². The zero-order chi connectivity index (χ0) is 10.7. The van der Waals surface area contributed by atoms with E-state index in [-0.39, 0.29) is 16.7 Å². The molecule has 0 aliphatic carbocycles. The van der Waals surface area contributed by atoms with Crippen LogP contribution in [0, 0.1) is 17.0 Å². The molecule has 4 nitrogen and oxygen atoms in total. The number of hydrogen-bond donors (Lipinski definition) is 1. The van der Waals surface area contributed by atoms with Gasteiger partial charge >= 0.3 is 0 Å². The summed E-state index contributed by atoms with van der Waals surface area (Å²) in [7, 11) is 0. The number of aryl methyl sites for hydroxylation is 1. The fourth-order valence-corrected chi connectivity index (χ4v) is 1.45. The van der Waals surface area contributed by atoms with Gasteiger partial charge in [0.25, 0.3) is 5.69 Å². The first-order chi connectivity index (χ1) is 6.52. The van der Waals surface area contributed by atoms with Crippen LogP contribution in [0.1, 0.15) is 18.1 Å². The predicted molar refractivity (Wildman–Crippen MR) is 55.2 cm³/mol. The monoisotopic (exact) mass is 194 g/mol. The number of nitro groups is 1. The van der Waals surface area contributed by atoms with Crippen LogP contribution in [0.5, 0.6) is 0 Å². The molecule has 1 aromatic rings. The van der Waals surface area contributed by atoms with E-state index in [4.69, 9.17) is 5.73 Å². The van der Waals surface area contributed by atoms with E-state index in [0.717, 1.165) is 11.1 Å². The number of nitrogens with zero attached hydrogens (tertiary/aromatic N) is 1. The summed E-state index contributed by atoms with van der Waals surface area (Å²) in [5.74, 6) is 0. The Morgan fingerprint density at radius 1 is 1.57 bits per heavy atom. The molecule has 4 heteroatoms. The van der Waals surface area contributed by atoms with Gasteiger partial charge in [0.15, 0.2) is 0 Å². The molecule has 76 valence electrons. The highest BCUT2D eigenvalue weighted by molar-refractivity contribution is 5.45. The molecule has 14 heavy (non-hydrogen) atoms. The van der Waals surface area contributed by atoms with Gasteiger partial charge in [-0.1, -0.05) is 12.1 Å². The van der Waals surface area contributed by atoms with E-state index in [0.29, 0.717) is 6.42 Å². The smallest absolute Gasteiger partial charge is 0.272 e. The summed E-state index contributed by atoms with van der Waals surface area (Å²) in [6.45, 7) is 3.71. The number of rotatable bonds is 3. The van der Waals surface area contributed by atoms with Crippen molar-refractivity contribution in [2.45, 2.75) is 26.3 Å². The molecule has 1 rings (SSSR count). The van der Waals surface area contributed by atoms with Crippen LogP contribution < -0.4 is 5.73 Å². The van der Waals surface area contributed by atoms with Crippen molar-refractivity contribution < 1.29 is 4.92 Å². The summed E-state index contributed by atoms with van der Waals surface area (Å²) in [4.78, 5) is 10.4. The van der Waals surface area contributed by atoms with Crippen LogP contribution in [0.15, 0.2) is 18.2 Å². The van der Waals surface area contributed by atoms with Crippen molar-refractivity contribution in [1.82, 2.24) is 0 Å². The molecular formula is C10H14N2O2. The van der Waals surface area contributed by atoms with Gasteiger partial charge in [-0.25, -0.2) is 0 Å². The largest absolute Gasteiger partial charge is 0.328 e. The average molecular weight is 194 g/mol. The van der Waals surface area contributed by atoms with Crippen molar-refractivity contribution in [3.8, 4) is 0 Å². The molecule has 1 unspecified atom stereocenters. The molecular weight excluding hydrogens is 180 g/mol. The van der Waals surface area contributed by atoms with Gasteiger partial charge in [-0.15, -0.1) is 0 Å². The highest BCUT2D eigenvalue weighted by Gasteiger charge is 2.15. The molecule has 0 amide bonds. The lowest BCUT2D eigenvalue weighted by atomic mass is 10.0. The first-order valence-electron chi connectivity index (χ1n) is 4.51. The summed E-state index contributed by atoms with van der Waals surface area (Å²) >= 11 is 0. The number of hydrogen-bond acceptors (Lipinski definition) is 3. The highest BCUT2D eigenvalue weighted by Crippen LogP contribution is 2.22. The van der Waals surface area contributed by atoms with Crippen LogP contribution in [-0.2, 0) is 6.42 Å². The Morgan fingerprint density at radius 3 is 2.71 bits per heavy atom. The second kappa shape index (κ2) is 4.19. The van der Waals surface area contributed by atoms with Gasteiger partial charge in [-0.3, -0.25) is 10.1 Å². The molecule has 0 aromatic heterocycles. The Bertz CT molecular complexity index is 348. The summed E-state index contributed by atoms with van der Waals surface area (Å²) in [5.41, 5.74) is 7.48. The molecule has 0 radical (unpaired) electrons. The first-order valence-corrected chi connectivity index (χ1v) is 4.51. The molecule has 0 heterocycles. The minimum absolute atomic E-state index is 0.0604. The minimum Gasteiger partial charge on any atom is -0.328 e. The van der Waals surface area contributed by atoms with E-state index >= 15 is 0 Å². The Kier molecular flexibility index (Phi) is 3.19. The molecule has 0 saturated heterocycles. The van der Waals surface area contributed by atoms with Gasteiger partial charge in [-0.05, 0) is 25.8 Å².